The number of aliphatic hydroxyl groups excluding tert-OH is 1. The van der Waals surface area contributed by atoms with Crippen molar-refractivity contribution >= 4 is 22.6 Å². The molecule has 0 aliphatic rings. The number of aliphatic hydroxyl groups is 1. The molecule has 1 amide bonds. The normalized spacial score (nSPS) is 13.7. The van der Waals surface area contributed by atoms with Gasteiger partial charge in [-0.3, -0.25) is 4.79 Å². The molecular formula is C19H23NO4. The molecule has 128 valence electrons. The Morgan fingerprint density at radius 2 is 1.75 bits per heavy atom. The van der Waals surface area contributed by atoms with Crippen LogP contribution in [0.3, 0.4) is 0 Å². The molecule has 0 saturated carbocycles. The molecule has 0 radical (unpaired) electrons. The molecule has 2 atom stereocenters. The molecule has 0 aliphatic heterocycles. The van der Waals surface area contributed by atoms with Crippen molar-refractivity contribution in [1.82, 2.24) is 5.32 Å². The number of carbonyl (C=O) groups excluding carboxylic acids is 1. The van der Waals surface area contributed by atoms with Crippen LogP contribution in [-0.2, 0) is 16.0 Å². The van der Waals surface area contributed by atoms with Crippen LogP contribution in [0.5, 0.6) is 0 Å². The van der Waals surface area contributed by atoms with E-state index in [0.717, 1.165) is 16.3 Å². The van der Waals surface area contributed by atoms with E-state index in [-0.39, 0.29) is 12.3 Å². The van der Waals surface area contributed by atoms with Crippen molar-refractivity contribution in [2.24, 2.45) is 5.92 Å². The quantitative estimate of drug-likeness (QED) is 0.728. The smallest absolute Gasteiger partial charge is 0.326 e. The average molecular weight is 329 g/mol. The Hall–Kier alpha value is -2.40. The van der Waals surface area contributed by atoms with Crippen LogP contribution in [0, 0.1) is 5.92 Å². The third kappa shape index (κ3) is 4.80. The van der Waals surface area contributed by atoms with Crippen LogP contribution in [0.2, 0.25) is 0 Å². The van der Waals surface area contributed by atoms with E-state index in [1.807, 2.05) is 56.3 Å². The van der Waals surface area contributed by atoms with Gasteiger partial charge in [-0.05, 0) is 28.7 Å². The number of amides is 1. The Morgan fingerprint density at radius 1 is 1.08 bits per heavy atom. The average Bonchev–Trinajstić information content (AvgIpc) is 2.53. The van der Waals surface area contributed by atoms with Gasteiger partial charge in [0.05, 0.1) is 0 Å². The standard InChI is InChI=1S/C19H23NO4/c1-12(2)9-17(21)18(22)20-16(19(23)24)11-13-7-8-14-5-3-4-6-15(14)10-13/h3-8,10,12,16-17,21H,9,11H2,1-2H3,(H,20,22)(H,23,24)/t16-,17-/m0/s1. The lowest BCUT2D eigenvalue weighted by Crippen LogP contribution is -2.46. The molecule has 0 unspecified atom stereocenters. The van der Waals surface area contributed by atoms with Gasteiger partial charge in [0.2, 0.25) is 5.91 Å². The van der Waals surface area contributed by atoms with Gasteiger partial charge < -0.3 is 15.5 Å². The number of benzene rings is 2. The summed E-state index contributed by atoms with van der Waals surface area (Å²) in [5, 5.41) is 23.7. The van der Waals surface area contributed by atoms with Crippen LogP contribution < -0.4 is 5.32 Å². The molecule has 0 heterocycles. The zero-order valence-corrected chi connectivity index (χ0v) is 13.9. The summed E-state index contributed by atoms with van der Waals surface area (Å²) in [6.07, 6.45) is -0.725. The van der Waals surface area contributed by atoms with Gasteiger partial charge in [-0.1, -0.05) is 56.3 Å². The minimum atomic E-state index is -1.19. The summed E-state index contributed by atoms with van der Waals surface area (Å²) < 4.78 is 0. The Morgan fingerprint density at radius 3 is 2.38 bits per heavy atom. The van der Waals surface area contributed by atoms with E-state index in [1.165, 1.54) is 0 Å². The van der Waals surface area contributed by atoms with Crippen molar-refractivity contribution in [3.8, 4) is 0 Å². The van der Waals surface area contributed by atoms with Gasteiger partial charge in [-0.15, -0.1) is 0 Å². The maximum Gasteiger partial charge on any atom is 0.326 e. The summed E-state index contributed by atoms with van der Waals surface area (Å²) in [5.74, 6) is -1.61. The third-order valence-electron chi connectivity index (χ3n) is 3.87. The van der Waals surface area contributed by atoms with Crippen LogP contribution >= 0.6 is 0 Å². The highest BCUT2D eigenvalue weighted by Gasteiger charge is 2.24. The number of carboxylic acid groups (broad SMARTS) is 1. The van der Waals surface area contributed by atoms with Crippen LogP contribution in [0.4, 0.5) is 0 Å². The van der Waals surface area contributed by atoms with Gasteiger partial charge in [0.25, 0.3) is 0 Å². The first-order valence-corrected chi connectivity index (χ1v) is 8.05. The summed E-state index contributed by atoms with van der Waals surface area (Å²) in [4.78, 5) is 23.4. The predicted octanol–water partition coefficient (Wildman–Crippen LogP) is 2.36. The maximum atomic E-state index is 12.0. The van der Waals surface area contributed by atoms with Crippen LogP contribution in [0.1, 0.15) is 25.8 Å². The molecule has 0 saturated heterocycles. The lowest BCUT2D eigenvalue weighted by molar-refractivity contribution is -0.143. The second kappa shape index (κ2) is 7.93. The maximum absolute atomic E-state index is 12.0. The summed E-state index contributed by atoms with van der Waals surface area (Å²) >= 11 is 0. The zero-order valence-electron chi connectivity index (χ0n) is 13.9. The third-order valence-corrected chi connectivity index (χ3v) is 3.87. The van der Waals surface area contributed by atoms with Gasteiger partial charge in [-0.25, -0.2) is 4.79 Å². The van der Waals surface area contributed by atoms with E-state index in [4.69, 9.17) is 0 Å². The highest BCUT2D eigenvalue weighted by Crippen LogP contribution is 2.17. The Bertz CT molecular complexity index is 726. The van der Waals surface area contributed by atoms with Gasteiger partial charge >= 0.3 is 5.97 Å². The zero-order chi connectivity index (χ0) is 17.7. The molecule has 0 spiro atoms. The molecule has 5 nitrogen and oxygen atoms in total. The monoisotopic (exact) mass is 329 g/mol. The van der Waals surface area contributed by atoms with E-state index in [1.54, 1.807) is 0 Å². The molecule has 24 heavy (non-hydrogen) atoms. The van der Waals surface area contributed by atoms with Gasteiger partial charge in [0.15, 0.2) is 0 Å². The van der Waals surface area contributed by atoms with Crippen molar-refractivity contribution in [3.63, 3.8) is 0 Å². The molecule has 2 aromatic rings. The minimum Gasteiger partial charge on any atom is -0.480 e. The van der Waals surface area contributed by atoms with Gasteiger partial charge in [0, 0.05) is 6.42 Å². The summed E-state index contributed by atoms with van der Waals surface area (Å²) in [6, 6.07) is 12.4. The lowest BCUT2D eigenvalue weighted by Gasteiger charge is -2.18. The predicted molar refractivity (Wildman–Crippen MR) is 92.7 cm³/mol. The first-order chi connectivity index (χ1) is 11.4. The summed E-state index contributed by atoms with van der Waals surface area (Å²) in [7, 11) is 0. The first kappa shape index (κ1) is 17.9. The van der Waals surface area contributed by atoms with Crippen molar-refractivity contribution in [2.75, 3.05) is 0 Å². The van der Waals surface area contributed by atoms with Gasteiger partial charge in [-0.2, -0.15) is 0 Å². The van der Waals surface area contributed by atoms with E-state index in [9.17, 15) is 19.8 Å². The summed E-state index contributed by atoms with van der Waals surface area (Å²) in [6.45, 7) is 3.78. The number of carboxylic acids is 1. The molecule has 0 fully saturated rings. The molecule has 5 heteroatoms. The SMILES string of the molecule is CC(C)C[C@H](O)C(=O)N[C@@H](Cc1ccc2ccccc2c1)C(=O)O. The fourth-order valence-corrected chi connectivity index (χ4v) is 2.62. The lowest BCUT2D eigenvalue weighted by atomic mass is 10.0. The van der Waals surface area contributed by atoms with Gasteiger partial charge in [0.1, 0.15) is 12.1 Å². The highest BCUT2D eigenvalue weighted by atomic mass is 16.4. The van der Waals surface area contributed by atoms with E-state index in [2.05, 4.69) is 5.32 Å². The number of rotatable bonds is 7. The summed E-state index contributed by atoms with van der Waals surface area (Å²) in [5.41, 5.74) is 0.819. The number of carbonyl (C=O) groups is 2. The van der Waals surface area contributed by atoms with Crippen LogP contribution in [0.15, 0.2) is 42.5 Å². The second-order valence-corrected chi connectivity index (χ2v) is 6.43. The molecular weight excluding hydrogens is 306 g/mol. The number of hydrogen-bond donors (Lipinski definition) is 3. The van der Waals surface area contributed by atoms with Crippen molar-refractivity contribution in [2.45, 2.75) is 38.8 Å². The Labute approximate surface area is 141 Å². The second-order valence-electron chi connectivity index (χ2n) is 6.43. The van der Waals surface area contributed by atoms with Crippen molar-refractivity contribution in [3.05, 3.63) is 48.0 Å². The first-order valence-electron chi connectivity index (χ1n) is 8.05. The van der Waals surface area contributed by atoms with Crippen LogP contribution in [-0.4, -0.2) is 34.2 Å². The molecule has 0 bridgehead atoms. The van der Waals surface area contributed by atoms with Crippen molar-refractivity contribution < 1.29 is 19.8 Å². The topological polar surface area (TPSA) is 86.6 Å². The Kier molecular flexibility index (Phi) is 5.93. The molecule has 0 aliphatic carbocycles. The number of hydrogen-bond acceptors (Lipinski definition) is 3. The van der Waals surface area contributed by atoms with E-state index < -0.39 is 24.0 Å². The molecule has 3 N–H and O–H groups in total. The molecule has 2 aromatic carbocycles. The fraction of sp³-hybridized carbons (Fsp3) is 0.368. The Balaban J connectivity index is 2.09. The van der Waals surface area contributed by atoms with E-state index >= 15 is 0 Å². The fourth-order valence-electron chi connectivity index (χ4n) is 2.62. The highest BCUT2D eigenvalue weighted by molar-refractivity contribution is 5.87. The van der Waals surface area contributed by atoms with Crippen molar-refractivity contribution in [1.29, 1.82) is 0 Å². The van der Waals surface area contributed by atoms with Crippen LogP contribution in [0.25, 0.3) is 10.8 Å². The number of fused-ring (bicyclic) bond motifs is 1. The molecule has 0 aromatic heterocycles. The van der Waals surface area contributed by atoms with E-state index in [0.29, 0.717) is 6.42 Å². The minimum absolute atomic E-state index is 0.148. The number of aliphatic carboxylic acids is 1. The largest absolute Gasteiger partial charge is 0.480 e. The molecule has 2 rings (SSSR count). The number of nitrogens with one attached hydrogen (secondary N) is 1.